The second-order valence-corrected chi connectivity index (χ2v) is 7.04. The molecule has 0 aromatic heterocycles. The maximum Gasteiger partial charge on any atom is 0.255 e. The molecule has 0 unspecified atom stereocenters. The fourth-order valence-electron chi connectivity index (χ4n) is 3.35. The van der Waals surface area contributed by atoms with Gasteiger partial charge in [-0.3, -0.25) is 9.59 Å². The predicted octanol–water partition coefficient (Wildman–Crippen LogP) is 5.05. The van der Waals surface area contributed by atoms with E-state index < -0.39 is 0 Å². The van der Waals surface area contributed by atoms with Gasteiger partial charge in [0.15, 0.2) is 0 Å². The van der Waals surface area contributed by atoms with Crippen molar-refractivity contribution in [1.29, 1.82) is 0 Å². The van der Waals surface area contributed by atoms with Gasteiger partial charge in [0.05, 0.1) is 0 Å². The predicted molar refractivity (Wildman–Crippen MR) is 121 cm³/mol. The van der Waals surface area contributed by atoms with Crippen molar-refractivity contribution >= 4 is 23.2 Å². The largest absolute Gasteiger partial charge is 0.372 e. The highest BCUT2D eigenvalue weighted by atomic mass is 16.2. The molecule has 0 fully saturated rings. The van der Waals surface area contributed by atoms with E-state index in [0.29, 0.717) is 11.1 Å². The summed E-state index contributed by atoms with van der Waals surface area (Å²) in [6, 6.07) is 14.7. The van der Waals surface area contributed by atoms with Crippen LogP contribution in [0, 0.1) is 0 Å². The van der Waals surface area contributed by atoms with Crippen LogP contribution in [0.4, 0.5) is 11.4 Å². The van der Waals surface area contributed by atoms with Crippen molar-refractivity contribution < 1.29 is 9.59 Å². The van der Waals surface area contributed by atoms with Gasteiger partial charge in [0.25, 0.3) is 11.8 Å². The number of anilines is 2. The van der Waals surface area contributed by atoms with Crippen molar-refractivity contribution in [2.75, 3.05) is 36.4 Å². The molecule has 0 aliphatic rings. The van der Waals surface area contributed by atoms with Crippen LogP contribution in [0.15, 0.2) is 48.5 Å². The highest BCUT2D eigenvalue weighted by Gasteiger charge is 2.15. The first kappa shape index (κ1) is 22.5. The second kappa shape index (κ2) is 11.2. The first-order valence-electron chi connectivity index (χ1n) is 10.6. The van der Waals surface area contributed by atoms with Gasteiger partial charge in [-0.05, 0) is 75.2 Å². The van der Waals surface area contributed by atoms with E-state index in [1.165, 1.54) is 0 Å². The van der Waals surface area contributed by atoms with Crippen LogP contribution in [-0.2, 0) is 0 Å². The van der Waals surface area contributed by atoms with Gasteiger partial charge in [-0.15, -0.1) is 0 Å². The van der Waals surface area contributed by atoms with E-state index in [1.54, 1.807) is 24.3 Å². The summed E-state index contributed by atoms with van der Waals surface area (Å²) in [6.07, 6.45) is 1.86. The molecule has 0 bridgehead atoms. The molecule has 2 aromatic rings. The van der Waals surface area contributed by atoms with Crippen molar-refractivity contribution in [2.24, 2.45) is 0 Å². The average Bonchev–Trinajstić information content (AvgIpc) is 2.75. The van der Waals surface area contributed by atoms with Crippen molar-refractivity contribution in [3.63, 3.8) is 0 Å². The number of nitrogens with zero attached hydrogens (tertiary/aromatic N) is 2. The zero-order valence-electron chi connectivity index (χ0n) is 18.1. The lowest BCUT2D eigenvalue weighted by Crippen LogP contribution is -2.32. The molecule has 0 heterocycles. The zero-order valence-corrected chi connectivity index (χ0v) is 18.1. The minimum absolute atomic E-state index is 0.0210. The molecule has 0 saturated carbocycles. The maximum atomic E-state index is 12.7. The summed E-state index contributed by atoms with van der Waals surface area (Å²) in [5.41, 5.74) is 3.04. The fraction of sp³-hybridized carbons (Fsp3) is 0.417. The Kier molecular flexibility index (Phi) is 8.71. The van der Waals surface area contributed by atoms with Crippen LogP contribution >= 0.6 is 0 Å². The Balaban J connectivity index is 2.04. The third-order valence-corrected chi connectivity index (χ3v) is 4.92. The summed E-state index contributed by atoms with van der Waals surface area (Å²) in [5, 5.41) is 2.92. The zero-order chi connectivity index (χ0) is 21.2. The van der Waals surface area contributed by atoms with Gasteiger partial charge in [0.1, 0.15) is 0 Å². The van der Waals surface area contributed by atoms with E-state index in [1.807, 2.05) is 29.2 Å². The summed E-state index contributed by atoms with van der Waals surface area (Å²) < 4.78 is 0. The number of carbonyl (C=O) groups excluding carboxylic acids is 2. The molecule has 0 spiro atoms. The lowest BCUT2D eigenvalue weighted by atomic mass is 10.1. The molecule has 0 saturated heterocycles. The fourth-order valence-corrected chi connectivity index (χ4v) is 3.35. The Morgan fingerprint density at radius 2 is 1.28 bits per heavy atom. The average molecular weight is 396 g/mol. The Labute approximate surface area is 174 Å². The van der Waals surface area contributed by atoms with E-state index in [-0.39, 0.29) is 11.8 Å². The molecule has 2 rings (SSSR count). The summed E-state index contributed by atoms with van der Waals surface area (Å²) in [6.45, 7) is 11.8. The topological polar surface area (TPSA) is 52.7 Å². The van der Waals surface area contributed by atoms with Gasteiger partial charge < -0.3 is 15.1 Å². The van der Waals surface area contributed by atoms with Crippen molar-refractivity contribution in [3.05, 3.63) is 59.7 Å². The SMILES string of the molecule is CCCN(CCC)C(=O)c1ccc(C(=O)Nc2ccc(N(CC)CC)cc2)cc1. The molecule has 5 nitrogen and oxygen atoms in total. The smallest absolute Gasteiger partial charge is 0.255 e. The lowest BCUT2D eigenvalue weighted by molar-refractivity contribution is 0.0755. The van der Waals surface area contributed by atoms with Crippen LogP contribution in [-0.4, -0.2) is 42.9 Å². The normalized spacial score (nSPS) is 10.5. The first-order valence-corrected chi connectivity index (χ1v) is 10.6. The summed E-state index contributed by atoms with van der Waals surface area (Å²) in [5.74, 6) is -0.161. The third kappa shape index (κ3) is 6.08. The highest BCUT2D eigenvalue weighted by Crippen LogP contribution is 2.18. The monoisotopic (exact) mass is 395 g/mol. The maximum absolute atomic E-state index is 12.7. The first-order chi connectivity index (χ1) is 14.0. The summed E-state index contributed by atoms with van der Waals surface area (Å²) in [4.78, 5) is 29.3. The van der Waals surface area contributed by atoms with E-state index >= 15 is 0 Å². The van der Waals surface area contributed by atoms with Crippen LogP contribution in [0.25, 0.3) is 0 Å². The van der Waals surface area contributed by atoms with Gasteiger partial charge in [-0.2, -0.15) is 0 Å². The Morgan fingerprint density at radius 1 is 0.759 bits per heavy atom. The number of carbonyl (C=O) groups is 2. The molecule has 1 N–H and O–H groups in total. The number of rotatable bonds is 10. The van der Waals surface area contributed by atoms with Crippen LogP contribution in [0.2, 0.25) is 0 Å². The molecule has 0 aliphatic heterocycles. The molecule has 2 amide bonds. The highest BCUT2D eigenvalue weighted by molar-refractivity contribution is 6.05. The molecule has 2 aromatic carbocycles. The van der Waals surface area contributed by atoms with Crippen molar-refractivity contribution in [3.8, 4) is 0 Å². The number of benzene rings is 2. The van der Waals surface area contributed by atoms with E-state index in [4.69, 9.17) is 0 Å². The third-order valence-electron chi connectivity index (χ3n) is 4.92. The van der Waals surface area contributed by atoms with Gasteiger partial charge in [-0.1, -0.05) is 13.8 Å². The van der Waals surface area contributed by atoms with Crippen LogP contribution in [0.3, 0.4) is 0 Å². The Bertz CT molecular complexity index is 775. The van der Waals surface area contributed by atoms with Crippen LogP contribution in [0.5, 0.6) is 0 Å². The van der Waals surface area contributed by atoms with Gasteiger partial charge in [0, 0.05) is 48.7 Å². The summed E-state index contributed by atoms with van der Waals surface area (Å²) >= 11 is 0. The van der Waals surface area contributed by atoms with E-state index in [0.717, 1.165) is 50.4 Å². The molecular formula is C24H33N3O2. The second-order valence-electron chi connectivity index (χ2n) is 7.04. The molecule has 0 aliphatic carbocycles. The minimum atomic E-state index is -0.182. The minimum Gasteiger partial charge on any atom is -0.372 e. The number of hydrogen-bond donors (Lipinski definition) is 1. The molecule has 29 heavy (non-hydrogen) atoms. The number of amides is 2. The quantitative estimate of drug-likeness (QED) is 0.613. The van der Waals surface area contributed by atoms with Crippen LogP contribution < -0.4 is 10.2 Å². The molecule has 156 valence electrons. The molecule has 0 radical (unpaired) electrons. The standard InChI is InChI=1S/C24H33N3O2/c1-5-17-27(18-6-2)24(29)20-11-9-19(10-12-20)23(28)25-21-13-15-22(16-14-21)26(7-3)8-4/h9-16H,5-8,17-18H2,1-4H3,(H,25,28). The molecule has 0 atom stereocenters. The Hall–Kier alpha value is -2.82. The van der Waals surface area contributed by atoms with Crippen LogP contribution in [0.1, 0.15) is 61.3 Å². The van der Waals surface area contributed by atoms with Crippen molar-refractivity contribution in [1.82, 2.24) is 4.90 Å². The Morgan fingerprint density at radius 3 is 1.76 bits per heavy atom. The lowest BCUT2D eigenvalue weighted by Gasteiger charge is -2.21. The van der Waals surface area contributed by atoms with Gasteiger partial charge >= 0.3 is 0 Å². The number of nitrogens with one attached hydrogen (secondary N) is 1. The van der Waals surface area contributed by atoms with Gasteiger partial charge in [0.2, 0.25) is 0 Å². The van der Waals surface area contributed by atoms with E-state index in [9.17, 15) is 9.59 Å². The summed E-state index contributed by atoms with van der Waals surface area (Å²) in [7, 11) is 0. The van der Waals surface area contributed by atoms with Gasteiger partial charge in [-0.25, -0.2) is 0 Å². The molecular weight excluding hydrogens is 362 g/mol. The molecule has 5 heteroatoms. The van der Waals surface area contributed by atoms with E-state index in [2.05, 4.69) is 37.9 Å². The van der Waals surface area contributed by atoms with Crippen molar-refractivity contribution in [2.45, 2.75) is 40.5 Å². The number of hydrogen-bond acceptors (Lipinski definition) is 3.